The van der Waals surface area contributed by atoms with E-state index < -0.39 is 10.1 Å². The Bertz CT molecular complexity index is 1580. The minimum atomic E-state index is -2.46. The fourth-order valence-corrected chi connectivity index (χ4v) is 8.24. The third-order valence-corrected chi connectivity index (χ3v) is 10.9. The van der Waals surface area contributed by atoms with Crippen LogP contribution in [0.2, 0.25) is 0 Å². The molecule has 1 aliphatic carbocycles. The lowest BCUT2D eigenvalue weighted by Crippen LogP contribution is -2.44. The van der Waals surface area contributed by atoms with Crippen molar-refractivity contribution in [1.82, 2.24) is 24.4 Å². The Morgan fingerprint density at radius 1 is 0.975 bits per heavy atom. The molecule has 2 saturated heterocycles. The van der Waals surface area contributed by atoms with E-state index in [0.717, 1.165) is 57.5 Å². The Morgan fingerprint density at radius 3 is 2.45 bits per heavy atom. The molecular weight excluding hydrogens is 527 g/mol. The number of hydrogen-bond donors (Lipinski definition) is 3. The van der Waals surface area contributed by atoms with Gasteiger partial charge in [-0.25, -0.2) is 14.4 Å². The van der Waals surface area contributed by atoms with Gasteiger partial charge in [0.25, 0.3) is 0 Å². The van der Waals surface area contributed by atoms with E-state index in [1.165, 1.54) is 5.69 Å². The highest BCUT2D eigenvalue weighted by atomic mass is 32.3. The SMILES string of the molecule is CN1CCN(c2ccc(Nc3ncc4c(F)c(C5CC5)n(-c5cccc(N[SH]6(=O)CCCC6)n5)c4n3)cc2)CC1. The molecule has 0 bridgehead atoms. The molecule has 3 fully saturated rings. The highest BCUT2D eigenvalue weighted by Gasteiger charge is 2.34. The second-order valence-corrected chi connectivity index (χ2v) is 14.1. The minimum absolute atomic E-state index is 0.124. The predicted molar refractivity (Wildman–Crippen MR) is 160 cm³/mol. The van der Waals surface area contributed by atoms with Gasteiger partial charge in [0.15, 0.2) is 11.5 Å². The normalized spacial score (nSPS) is 20.1. The number of halogens is 1. The highest BCUT2D eigenvalue weighted by Crippen LogP contribution is 2.45. The van der Waals surface area contributed by atoms with E-state index in [1.807, 2.05) is 34.9 Å². The van der Waals surface area contributed by atoms with Gasteiger partial charge in [0, 0.05) is 61.2 Å². The van der Waals surface area contributed by atoms with Gasteiger partial charge >= 0.3 is 0 Å². The van der Waals surface area contributed by atoms with Crippen molar-refractivity contribution in [3.05, 3.63) is 60.2 Å². The van der Waals surface area contributed by atoms with Gasteiger partial charge in [-0.2, -0.15) is 4.98 Å². The summed E-state index contributed by atoms with van der Waals surface area (Å²) in [6.45, 7) is 4.13. The second-order valence-electron chi connectivity index (χ2n) is 11.2. The van der Waals surface area contributed by atoms with Crippen molar-refractivity contribution in [2.75, 3.05) is 59.7 Å². The second kappa shape index (κ2) is 10.1. The highest BCUT2D eigenvalue weighted by molar-refractivity contribution is 8.04. The molecule has 40 heavy (non-hydrogen) atoms. The Morgan fingerprint density at radius 2 is 1.73 bits per heavy atom. The van der Waals surface area contributed by atoms with E-state index in [0.29, 0.717) is 45.8 Å². The molecule has 1 saturated carbocycles. The first-order valence-corrected chi connectivity index (χ1v) is 16.2. The van der Waals surface area contributed by atoms with Crippen LogP contribution in [0.25, 0.3) is 16.9 Å². The minimum Gasteiger partial charge on any atom is -0.369 e. The zero-order valence-electron chi connectivity index (χ0n) is 22.7. The van der Waals surface area contributed by atoms with Crippen molar-refractivity contribution in [2.24, 2.45) is 0 Å². The first-order chi connectivity index (χ1) is 19.5. The van der Waals surface area contributed by atoms with Crippen LogP contribution in [0.3, 0.4) is 0 Å². The summed E-state index contributed by atoms with van der Waals surface area (Å²) in [5, 5.41) is 3.67. The fraction of sp³-hybridized carbons (Fsp3) is 0.414. The summed E-state index contributed by atoms with van der Waals surface area (Å²) in [5.74, 6) is 2.72. The Hall–Kier alpha value is -3.57. The molecule has 3 aromatic heterocycles. The van der Waals surface area contributed by atoms with Gasteiger partial charge in [-0.05, 0) is 79.2 Å². The van der Waals surface area contributed by atoms with E-state index in [1.54, 1.807) is 6.20 Å². The number of thiol groups is 1. The smallest absolute Gasteiger partial charge is 0.229 e. The van der Waals surface area contributed by atoms with Gasteiger partial charge < -0.3 is 19.8 Å². The number of nitrogens with zero attached hydrogens (tertiary/aromatic N) is 6. The van der Waals surface area contributed by atoms with Crippen molar-refractivity contribution >= 4 is 44.3 Å². The molecule has 0 spiro atoms. The monoisotopic (exact) mass is 562 g/mol. The van der Waals surface area contributed by atoms with Gasteiger partial charge in [-0.15, -0.1) is 0 Å². The van der Waals surface area contributed by atoms with Crippen molar-refractivity contribution in [2.45, 2.75) is 31.6 Å². The molecule has 11 heteroatoms. The van der Waals surface area contributed by atoms with Gasteiger partial charge in [0.1, 0.15) is 11.6 Å². The maximum Gasteiger partial charge on any atom is 0.229 e. The van der Waals surface area contributed by atoms with E-state index >= 15 is 4.39 Å². The topological polar surface area (TPSA) is 91.2 Å². The van der Waals surface area contributed by atoms with Crippen molar-refractivity contribution in [1.29, 1.82) is 0 Å². The number of hydrogen-bond acceptors (Lipinski definition) is 7. The molecule has 0 atom stereocenters. The maximum atomic E-state index is 15.7. The third-order valence-electron chi connectivity index (χ3n) is 8.21. The van der Waals surface area contributed by atoms with E-state index in [9.17, 15) is 4.21 Å². The first kappa shape index (κ1) is 25.4. The lowest BCUT2D eigenvalue weighted by Gasteiger charge is -2.34. The molecule has 3 aliphatic rings. The molecule has 0 unspecified atom stereocenters. The molecule has 5 heterocycles. The van der Waals surface area contributed by atoms with E-state index in [2.05, 4.69) is 44.0 Å². The maximum absolute atomic E-state index is 15.7. The fourth-order valence-electron chi connectivity index (χ4n) is 5.79. The lowest BCUT2D eigenvalue weighted by atomic mass is 10.2. The average Bonchev–Trinajstić information content (AvgIpc) is 3.64. The van der Waals surface area contributed by atoms with E-state index in [4.69, 9.17) is 9.97 Å². The molecule has 0 radical (unpaired) electrons. The number of piperazine rings is 1. The number of aromatic nitrogens is 4. The number of fused-ring (bicyclic) bond motifs is 1. The zero-order chi connectivity index (χ0) is 27.3. The predicted octanol–water partition coefficient (Wildman–Crippen LogP) is 4.46. The van der Waals surface area contributed by atoms with Crippen LogP contribution >= 0.6 is 0 Å². The summed E-state index contributed by atoms with van der Waals surface area (Å²) < 4.78 is 33.9. The van der Waals surface area contributed by atoms with Crippen LogP contribution in [0.5, 0.6) is 0 Å². The first-order valence-electron chi connectivity index (χ1n) is 14.2. The number of pyridine rings is 1. The Labute approximate surface area is 234 Å². The molecule has 4 aromatic rings. The molecule has 2 N–H and O–H groups in total. The lowest BCUT2D eigenvalue weighted by molar-refractivity contribution is 0.313. The average molecular weight is 563 g/mol. The van der Waals surface area contributed by atoms with Crippen LogP contribution in [-0.2, 0) is 10.1 Å². The van der Waals surface area contributed by atoms with Gasteiger partial charge in [-0.1, -0.05) is 6.07 Å². The largest absolute Gasteiger partial charge is 0.369 e. The number of nitrogens with one attached hydrogen (secondary N) is 2. The third kappa shape index (κ3) is 4.92. The molecule has 9 nitrogen and oxygen atoms in total. The number of likely N-dealkylation sites (N-methyl/N-ethyl adjacent to an activating group) is 1. The van der Waals surface area contributed by atoms with Crippen LogP contribution in [-0.4, -0.2) is 73.4 Å². The van der Waals surface area contributed by atoms with Crippen LogP contribution in [0.4, 0.5) is 27.5 Å². The standard InChI is InChI=1S/C29H35FN8OS/c1-36-13-15-37(16-14-36)22-11-9-21(10-12-22)32-29-31-19-23-26(30)27(20-7-8-20)38(28(23)34-29)25-6-4-5-24(33-25)35-40(39)17-2-3-18-40/h4-6,9-12,19-20,40H,2-3,7-8,13-18H2,1H3,(H,31,32,34)(H,33,35,39). The molecule has 210 valence electrons. The summed E-state index contributed by atoms with van der Waals surface area (Å²) in [6.07, 6.45) is 5.35. The van der Waals surface area contributed by atoms with Crippen LogP contribution in [0.15, 0.2) is 48.7 Å². The Balaban J connectivity index is 1.20. The van der Waals surface area contributed by atoms with Crippen LogP contribution in [0.1, 0.15) is 37.3 Å². The quantitative estimate of drug-likeness (QED) is 0.287. The molecule has 2 aliphatic heterocycles. The number of rotatable bonds is 7. The molecule has 7 rings (SSSR count). The van der Waals surface area contributed by atoms with Crippen molar-refractivity contribution < 1.29 is 8.60 Å². The van der Waals surface area contributed by atoms with Crippen LogP contribution in [0, 0.1) is 5.82 Å². The summed E-state index contributed by atoms with van der Waals surface area (Å²) in [6, 6.07) is 13.8. The van der Waals surface area contributed by atoms with Crippen molar-refractivity contribution in [3.63, 3.8) is 0 Å². The molecular formula is C29H35FN8OS. The summed E-state index contributed by atoms with van der Waals surface area (Å²) in [4.78, 5) is 18.7. The van der Waals surface area contributed by atoms with Gasteiger partial charge in [-0.3, -0.25) is 8.78 Å². The summed E-state index contributed by atoms with van der Waals surface area (Å²) >= 11 is 0. The number of benzene rings is 1. The number of anilines is 4. The molecule has 1 aromatic carbocycles. The van der Waals surface area contributed by atoms with Crippen LogP contribution < -0.4 is 14.9 Å². The molecule has 0 amide bonds. The zero-order valence-corrected chi connectivity index (χ0v) is 23.6. The summed E-state index contributed by atoms with van der Waals surface area (Å²) in [7, 11) is -0.311. The van der Waals surface area contributed by atoms with E-state index in [-0.39, 0.29) is 11.7 Å². The summed E-state index contributed by atoms with van der Waals surface area (Å²) in [5.41, 5.74) is 3.13. The van der Waals surface area contributed by atoms with Gasteiger partial charge in [0.05, 0.1) is 11.1 Å². The van der Waals surface area contributed by atoms with Crippen molar-refractivity contribution in [3.8, 4) is 5.82 Å². The van der Waals surface area contributed by atoms with Gasteiger partial charge in [0.2, 0.25) is 5.95 Å². The Kier molecular flexibility index (Phi) is 6.42.